The van der Waals surface area contributed by atoms with Crippen LogP contribution in [-0.4, -0.2) is 36.5 Å². The summed E-state index contributed by atoms with van der Waals surface area (Å²) in [5.41, 5.74) is 0.797. The highest BCUT2D eigenvalue weighted by atomic mass is 19.1. The van der Waals surface area contributed by atoms with E-state index in [2.05, 4.69) is 15.5 Å². The normalized spacial score (nSPS) is 11.9. The van der Waals surface area contributed by atoms with Crippen molar-refractivity contribution in [3.05, 3.63) is 66.0 Å². The van der Waals surface area contributed by atoms with Crippen LogP contribution in [0.3, 0.4) is 0 Å². The topological polar surface area (TPSA) is 102 Å². The molecule has 1 unspecified atom stereocenters. The Bertz CT molecular complexity index is 949. The first-order valence-electron chi connectivity index (χ1n) is 7.79. The van der Waals surface area contributed by atoms with E-state index in [0.717, 1.165) is 0 Å². The van der Waals surface area contributed by atoms with Crippen molar-refractivity contribution in [1.29, 1.82) is 0 Å². The molecule has 1 aromatic carbocycles. The summed E-state index contributed by atoms with van der Waals surface area (Å²) in [5, 5.41) is 19.5. The monoisotopic (exact) mass is 357 g/mol. The van der Waals surface area contributed by atoms with Gasteiger partial charge in [-0.15, -0.1) is 0 Å². The maximum Gasteiger partial charge on any atom is 0.356 e. The van der Waals surface area contributed by atoms with Crippen molar-refractivity contribution in [3.63, 3.8) is 0 Å². The van der Waals surface area contributed by atoms with Gasteiger partial charge < -0.3 is 10.4 Å². The number of hydrogen-bond acceptors (Lipinski definition) is 4. The fourth-order valence-electron chi connectivity index (χ4n) is 2.35. The third-order valence-electron chi connectivity index (χ3n) is 3.79. The Morgan fingerprint density at radius 3 is 2.77 bits per heavy atom. The Hall–Kier alpha value is -3.49. The summed E-state index contributed by atoms with van der Waals surface area (Å²) in [4.78, 5) is 23.2. The average Bonchev–Trinajstić information content (AvgIpc) is 3.26. The molecule has 3 rings (SSSR count). The summed E-state index contributed by atoms with van der Waals surface area (Å²) < 4.78 is 16.5. The van der Waals surface area contributed by atoms with E-state index in [4.69, 9.17) is 5.11 Å². The number of carbonyl (C=O) groups is 2. The van der Waals surface area contributed by atoms with E-state index < -0.39 is 12.0 Å². The zero-order chi connectivity index (χ0) is 18.7. The Labute approximate surface area is 147 Å². The number of anilines is 1. The fourth-order valence-corrected chi connectivity index (χ4v) is 2.35. The van der Waals surface area contributed by atoms with Crippen LogP contribution in [0.2, 0.25) is 0 Å². The van der Waals surface area contributed by atoms with Crippen LogP contribution >= 0.6 is 0 Å². The molecule has 0 aliphatic heterocycles. The first kappa shape index (κ1) is 17.3. The van der Waals surface area contributed by atoms with E-state index in [0.29, 0.717) is 11.3 Å². The molecule has 0 radical (unpaired) electrons. The van der Waals surface area contributed by atoms with Gasteiger partial charge in [0, 0.05) is 18.0 Å². The summed E-state index contributed by atoms with van der Waals surface area (Å²) in [6.07, 6.45) is 4.47. The highest BCUT2D eigenvalue weighted by Gasteiger charge is 2.18. The second-order valence-corrected chi connectivity index (χ2v) is 5.67. The van der Waals surface area contributed by atoms with Crippen LogP contribution in [0, 0.1) is 5.82 Å². The number of carboxylic acid groups (broad SMARTS) is 1. The highest BCUT2D eigenvalue weighted by molar-refractivity contribution is 5.93. The SMILES string of the molecule is CC(C(=O)Nc1cnn(Cc2ccccc2F)c1)n1ccc(C(=O)O)n1. The smallest absolute Gasteiger partial charge is 0.356 e. The Balaban J connectivity index is 1.65. The van der Waals surface area contributed by atoms with E-state index >= 15 is 0 Å². The van der Waals surface area contributed by atoms with Crippen LogP contribution in [0.15, 0.2) is 48.9 Å². The lowest BCUT2D eigenvalue weighted by Gasteiger charge is -2.11. The molecular weight excluding hydrogens is 341 g/mol. The number of aromatic nitrogens is 4. The molecule has 2 aromatic heterocycles. The summed E-state index contributed by atoms with van der Waals surface area (Å²) in [7, 11) is 0. The third-order valence-corrected chi connectivity index (χ3v) is 3.79. The molecule has 1 atom stereocenters. The zero-order valence-electron chi connectivity index (χ0n) is 13.8. The van der Waals surface area contributed by atoms with Gasteiger partial charge in [-0.1, -0.05) is 18.2 Å². The number of rotatable bonds is 6. The Morgan fingerprint density at radius 2 is 2.08 bits per heavy atom. The van der Waals surface area contributed by atoms with Crippen molar-refractivity contribution < 1.29 is 19.1 Å². The number of carboxylic acids is 1. The molecule has 9 heteroatoms. The lowest BCUT2D eigenvalue weighted by Crippen LogP contribution is -2.24. The lowest BCUT2D eigenvalue weighted by atomic mass is 10.2. The summed E-state index contributed by atoms with van der Waals surface area (Å²) in [5.74, 6) is -1.86. The van der Waals surface area contributed by atoms with Crippen molar-refractivity contribution in [1.82, 2.24) is 19.6 Å². The van der Waals surface area contributed by atoms with Gasteiger partial charge >= 0.3 is 5.97 Å². The molecular formula is C17H16FN5O3. The van der Waals surface area contributed by atoms with E-state index in [1.54, 1.807) is 31.3 Å². The first-order valence-corrected chi connectivity index (χ1v) is 7.79. The van der Waals surface area contributed by atoms with E-state index in [9.17, 15) is 14.0 Å². The number of benzene rings is 1. The molecule has 8 nitrogen and oxygen atoms in total. The number of nitrogens with one attached hydrogen (secondary N) is 1. The van der Waals surface area contributed by atoms with Crippen LogP contribution in [0.5, 0.6) is 0 Å². The van der Waals surface area contributed by atoms with Crippen LogP contribution in [-0.2, 0) is 11.3 Å². The molecule has 0 bridgehead atoms. The molecule has 0 saturated heterocycles. The Morgan fingerprint density at radius 1 is 1.31 bits per heavy atom. The van der Waals surface area contributed by atoms with Gasteiger partial charge in [-0.05, 0) is 19.1 Å². The molecule has 0 aliphatic carbocycles. The van der Waals surface area contributed by atoms with Gasteiger partial charge in [-0.3, -0.25) is 14.2 Å². The number of nitrogens with zero attached hydrogens (tertiary/aromatic N) is 4. The lowest BCUT2D eigenvalue weighted by molar-refractivity contribution is -0.119. The summed E-state index contributed by atoms with van der Waals surface area (Å²) in [6.45, 7) is 1.83. The second kappa shape index (κ2) is 7.18. The minimum atomic E-state index is -1.16. The number of aromatic carboxylic acids is 1. The summed E-state index contributed by atoms with van der Waals surface area (Å²) >= 11 is 0. The van der Waals surface area contributed by atoms with E-state index in [1.807, 2.05) is 0 Å². The van der Waals surface area contributed by atoms with Crippen molar-refractivity contribution in [2.45, 2.75) is 19.5 Å². The van der Waals surface area contributed by atoms with Crippen LogP contribution in [0.25, 0.3) is 0 Å². The van der Waals surface area contributed by atoms with Gasteiger partial charge in [0.2, 0.25) is 5.91 Å². The van der Waals surface area contributed by atoms with Crippen molar-refractivity contribution >= 4 is 17.6 Å². The van der Waals surface area contributed by atoms with Gasteiger partial charge in [-0.25, -0.2) is 9.18 Å². The molecule has 0 saturated carbocycles. The maximum atomic E-state index is 13.7. The molecule has 3 aromatic rings. The Kier molecular flexibility index (Phi) is 4.78. The highest BCUT2D eigenvalue weighted by Crippen LogP contribution is 2.13. The molecule has 0 fully saturated rings. The van der Waals surface area contributed by atoms with Gasteiger partial charge in [0.15, 0.2) is 5.69 Å². The number of carbonyl (C=O) groups excluding carboxylic acids is 1. The van der Waals surface area contributed by atoms with Crippen LogP contribution in [0.1, 0.15) is 29.0 Å². The molecule has 134 valence electrons. The van der Waals surface area contributed by atoms with Crippen molar-refractivity contribution in [2.24, 2.45) is 0 Å². The van der Waals surface area contributed by atoms with Crippen LogP contribution < -0.4 is 5.32 Å². The van der Waals surface area contributed by atoms with E-state index in [1.165, 1.54) is 33.9 Å². The molecule has 2 N–H and O–H groups in total. The predicted octanol–water partition coefficient (Wildman–Crippen LogP) is 2.16. The molecule has 26 heavy (non-hydrogen) atoms. The van der Waals surface area contributed by atoms with Gasteiger partial charge in [0.25, 0.3) is 0 Å². The van der Waals surface area contributed by atoms with Crippen molar-refractivity contribution in [3.8, 4) is 0 Å². The zero-order valence-corrected chi connectivity index (χ0v) is 13.8. The number of halogens is 1. The molecule has 1 amide bonds. The fraction of sp³-hybridized carbons (Fsp3) is 0.176. The average molecular weight is 357 g/mol. The quantitative estimate of drug-likeness (QED) is 0.704. The second-order valence-electron chi connectivity index (χ2n) is 5.67. The maximum absolute atomic E-state index is 13.7. The third kappa shape index (κ3) is 3.77. The van der Waals surface area contributed by atoms with Gasteiger partial charge in [0.05, 0.1) is 18.4 Å². The minimum Gasteiger partial charge on any atom is -0.476 e. The minimum absolute atomic E-state index is 0.137. The first-order chi connectivity index (χ1) is 12.4. The van der Waals surface area contributed by atoms with E-state index in [-0.39, 0.29) is 24.0 Å². The standard InChI is InChI=1S/C17H16FN5O3/c1-11(23-7-6-15(21-23)17(25)26)16(24)20-13-8-19-22(10-13)9-12-4-2-3-5-14(12)18/h2-8,10-11H,9H2,1H3,(H,20,24)(H,25,26). The van der Waals surface area contributed by atoms with Gasteiger partial charge in [-0.2, -0.15) is 10.2 Å². The number of hydrogen-bond donors (Lipinski definition) is 2. The van der Waals surface area contributed by atoms with Crippen LogP contribution in [0.4, 0.5) is 10.1 Å². The summed E-state index contributed by atoms with van der Waals surface area (Å²) in [6, 6.07) is 6.99. The molecule has 0 aliphatic rings. The van der Waals surface area contributed by atoms with Gasteiger partial charge in [0.1, 0.15) is 11.9 Å². The number of amides is 1. The molecule has 2 heterocycles. The largest absolute Gasteiger partial charge is 0.476 e. The predicted molar refractivity (Wildman–Crippen MR) is 90.3 cm³/mol. The van der Waals surface area contributed by atoms with Crippen molar-refractivity contribution in [2.75, 3.05) is 5.32 Å². The molecule has 0 spiro atoms.